The van der Waals surface area contributed by atoms with E-state index in [-0.39, 0.29) is 5.38 Å². The van der Waals surface area contributed by atoms with Crippen LogP contribution in [0, 0.1) is 5.92 Å². The van der Waals surface area contributed by atoms with Crippen LogP contribution < -0.4 is 0 Å². The van der Waals surface area contributed by atoms with Crippen molar-refractivity contribution in [3.63, 3.8) is 0 Å². The van der Waals surface area contributed by atoms with Crippen LogP contribution in [0.3, 0.4) is 0 Å². The number of hydrogen-bond donors (Lipinski definition) is 0. The van der Waals surface area contributed by atoms with Crippen LogP contribution in [-0.2, 0) is 12.6 Å². The Bertz CT molecular complexity index is 349. The molecule has 1 atom stereocenters. The van der Waals surface area contributed by atoms with Gasteiger partial charge in [0.25, 0.3) is 0 Å². The molecule has 1 heterocycles. The molecule has 0 spiro atoms. The molecule has 1 aromatic rings. The van der Waals surface area contributed by atoms with E-state index in [1.54, 1.807) is 0 Å². The van der Waals surface area contributed by atoms with Crippen molar-refractivity contribution in [3.05, 3.63) is 23.5 Å². The van der Waals surface area contributed by atoms with Gasteiger partial charge in [0.15, 0.2) is 5.69 Å². The summed E-state index contributed by atoms with van der Waals surface area (Å²) in [5.41, 5.74) is -0.491. The van der Waals surface area contributed by atoms with Gasteiger partial charge in [-0.25, -0.2) is 0 Å². The van der Waals surface area contributed by atoms with Gasteiger partial charge in [0.2, 0.25) is 0 Å². The minimum Gasteiger partial charge on any atom is -0.164 e. The SMILES string of the molecule is CC(C)CC(Cl)Cc1ccc(C(F)(F)F)nn1. The fourth-order valence-electron chi connectivity index (χ4n) is 1.44. The summed E-state index contributed by atoms with van der Waals surface area (Å²) in [5, 5.41) is 6.56. The van der Waals surface area contributed by atoms with E-state index in [1.807, 2.05) is 13.8 Å². The van der Waals surface area contributed by atoms with Crippen molar-refractivity contribution in [2.75, 3.05) is 0 Å². The highest BCUT2D eigenvalue weighted by Gasteiger charge is 2.32. The second-order valence-corrected chi connectivity index (χ2v) is 4.96. The maximum atomic E-state index is 12.2. The molecule has 0 aliphatic rings. The predicted molar refractivity (Wildman–Crippen MR) is 59.8 cm³/mol. The molecule has 0 saturated carbocycles. The lowest BCUT2D eigenvalue weighted by Crippen LogP contribution is -2.12. The summed E-state index contributed by atoms with van der Waals surface area (Å²) in [7, 11) is 0. The maximum absolute atomic E-state index is 12.2. The molecule has 2 nitrogen and oxygen atoms in total. The lowest BCUT2D eigenvalue weighted by Gasteiger charge is -2.11. The first-order chi connectivity index (χ1) is 7.79. The topological polar surface area (TPSA) is 25.8 Å². The van der Waals surface area contributed by atoms with Crippen LogP contribution >= 0.6 is 11.6 Å². The van der Waals surface area contributed by atoms with Gasteiger partial charge in [-0.05, 0) is 24.5 Å². The van der Waals surface area contributed by atoms with Gasteiger partial charge in [0.1, 0.15) is 0 Å². The quantitative estimate of drug-likeness (QED) is 0.777. The summed E-state index contributed by atoms with van der Waals surface area (Å²) in [6.45, 7) is 4.07. The second-order valence-electron chi connectivity index (χ2n) is 4.34. The van der Waals surface area contributed by atoms with Crippen molar-refractivity contribution in [2.45, 2.75) is 38.2 Å². The molecule has 0 bridgehead atoms. The third-order valence-electron chi connectivity index (χ3n) is 2.17. The Hall–Kier alpha value is -0.840. The van der Waals surface area contributed by atoms with Gasteiger partial charge in [0, 0.05) is 11.8 Å². The van der Waals surface area contributed by atoms with Gasteiger partial charge in [0.05, 0.1) is 5.69 Å². The lowest BCUT2D eigenvalue weighted by molar-refractivity contribution is -0.141. The van der Waals surface area contributed by atoms with Gasteiger partial charge in [-0.1, -0.05) is 13.8 Å². The predicted octanol–water partition coefficient (Wildman–Crippen LogP) is 3.69. The van der Waals surface area contributed by atoms with Gasteiger partial charge in [-0.15, -0.1) is 16.7 Å². The van der Waals surface area contributed by atoms with Crippen molar-refractivity contribution >= 4 is 11.6 Å². The molecule has 0 aliphatic carbocycles. The summed E-state index contributed by atoms with van der Waals surface area (Å²) in [5.74, 6) is 0.444. The summed E-state index contributed by atoms with van der Waals surface area (Å²) in [6, 6.07) is 2.26. The number of rotatable bonds is 4. The van der Waals surface area contributed by atoms with Crippen LogP contribution in [0.25, 0.3) is 0 Å². The number of hydrogen-bond acceptors (Lipinski definition) is 2. The van der Waals surface area contributed by atoms with Crippen LogP contribution in [0.5, 0.6) is 0 Å². The highest BCUT2D eigenvalue weighted by molar-refractivity contribution is 6.20. The molecule has 1 aromatic heterocycles. The molecule has 96 valence electrons. The third kappa shape index (κ3) is 4.89. The molecule has 1 unspecified atom stereocenters. The largest absolute Gasteiger partial charge is 0.435 e. The first-order valence-electron chi connectivity index (χ1n) is 5.33. The number of nitrogens with zero attached hydrogens (tertiary/aromatic N) is 2. The van der Waals surface area contributed by atoms with E-state index < -0.39 is 11.9 Å². The normalized spacial score (nSPS) is 14.1. The summed E-state index contributed by atoms with van der Waals surface area (Å²) in [6.07, 6.45) is -3.21. The third-order valence-corrected chi connectivity index (χ3v) is 2.50. The van der Waals surface area contributed by atoms with Gasteiger partial charge >= 0.3 is 6.18 Å². The standard InChI is InChI=1S/C11H14ClF3N2/c1-7(2)5-8(12)6-9-3-4-10(17-16-9)11(13,14)15/h3-4,7-8H,5-6H2,1-2H3. The number of aromatic nitrogens is 2. The Morgan fingerprint density at radius 3 is 2.29 bits per heavy atom. The molecule has 1 rings (SSSR count). The molecule has 0 saturated heterocycles. The molecule has 0 N–H and O–H groups in total. The van der Waals surface area contributed by atoms with Gasteiger partial charge in [-0.3, -0.25) is 0 Å². The van der Waals surface area contributed by atoms with Crippen molar-refractivity contribution in [1.82, 2.24) is 10.2 Å². The Morgan fingerprint density at radius 1 is 1.24 bits per heavy atom. The maximum Gasteiger partial charge on any atom is 0.435 e. The van der Waals surface area contributed by atoms with Gasteiger partial charge in [-0.2, -0.15) is 18.3 Å². The van der Waals surface area contributed by atoms with Crippen LogP contribution in [0.15, 0.2) is 12.1 Å². The zero-order valence-electron chi connectivity index (χ0n) is 9.63. The first kappa shape index (κ1) is 14.2. The van der Waals surface area contributed by atoms with Crippen molar-refractivity contribution in [1.29, 1.82) is 0 Å². The van der Waals surface area contributed by atoms with Crippen molar-refractivity contribution < 1.29 is 13.2 Å². The minimum absolute atomic E-state index is 0.124. The molecule has 0 amide bonds. The average Bonchev–Trinajstić information content (AvgIpc) is 2.15. The van der Waals surface area contributed by atoms with Crippen LogP contribution in [-0.4, -0.2) is 15.6 Å². The molecule has 0 aromatic carbocycles. The van der Waals surface area contributed by atoms with E-state index in [2.05, 4.69) is 10.2 Å². The highest BCUT2D eigenvalue weighted by Crippen LogP contribution is 2.26. The Kier molecular flexibility index (Phi) is 4.74. The van der Waals surface area contributed by atoms with E-state index in [0.717, 1.165) is 12.5 Å². The lowest BCUT2D eigenvalue weighted by atomic mass is 10.0. The van der Waals surface area contributed by atoms with Crippen LogP contribution in [0.2, 0.25) is 0 Å². The summed E-state index contributed by atoms with van der Waals surface area (Å²) in [4.78, 5) is 0. The van der Waals surface area contributed by atoms with E-state index in [1.165, 1.54) is 6.07 Å². The summed E-state index contributed by atoms with van der Waals surface area (Å²) >= 11 is 6.05. The molecule has 6 heteroatoms. The minimum atomic E-state index is -4.44. The first-order valence-corrected chi connectivity index (χ1v) is 5.76. The number of halogens is 4. The summed E-state index contributed by atoms with van der Waals surface area (Å²) < 4.78 is 36.7. The van der Waals surface area contributed by atoms with Crippen molar-refractivity contribution in [3.8, 4) is 0 Å². The molecule has 0 radical (unpaired) electrons. The smallest absolute Gasteiger partial charge is 0.164 e. The fourth-order valence-corrected chi connectivity index (χ4v) is 1.96. The zero-order chi connectivity index (χ0) is 13.1. The second kappa shape index (κ2) is 5.67. The van der Waals surface area contributed by atoms with Crippen LogP contribution in [0.4, 0.5) is 13.2 Å². The van der Waals surface area contributed by atoms with Crippen LogP contribution in [0.1, 0.15) is 31.7 Å². The molecular formula is C11H14ClF3N2. The Balaban J connectivity index is 2.63. The average molecular weight is 267 g/mol. The fraction of sp³-hybridized carbons (Fsp3) is 0.636. The van der Waals surface area contributed by atoms with E-state index in [0.29, 0.717) is 18.0 Å². The molecule has 17 heavy (non-hydrogen) atoms. The van der Waals surface area contributed by atoms with E-state index in [9.17, 15) is 13.2 Å². The van der Waals surface area contributed by atoms with Crippen molar-refractivity contribution in [2.24, 2.45) is 5.92 Å². The monoisotopic (exact) mass is 266 g/mol. The number of alkyl halides is 4. The molecule has 0 fully saturated rings. The zero-order valence-corrected chi connectivity index (χ0v) is 10.4. The van der Waals surface area contributed by atoms with Gasteiger partial charge < -0.3 is 0 Å². The Labute approximate surface area is 103 Å². The highest BCUT2D eigenvalue weighted by atomic mass is 35.5. The Morgan fingerprint density at radius 2 is 1.88 bits per heavy atom. The van der Waals surface area contributed by atoms with E-state index >= 15 is 0 Å². The molecule has 0 aliphatic heterocycles. The van der Waals surface area contributed by atoms with E-state index in [4.69, 9.17) is 11.6 Å². The molecular weight excluding hydrogens is 253 g/mol.